The third-order valence-corrected chi connectivity index (χ3v) is 6.79. The van der Waals surface area contributed by atoms with Gasteiger partial charge in [-0.1, -0.05) is 19.9 Å². The smallest absolute Gasteiger partial charge is 0.273 e. The molecule has 2 aromatic rings. The highest BCUT2D eigenvalue weighted by Crippen LogP contribution is 2.27. The minimum absolute atomic E-state index is 0.0588. The van der Waals surface area contributed by atoms with Crippen LogP contribution in [0.15, 0.2) is 45.9 Å². The third kappa shape index (κ3) is 4.68. The van der Waals surface area contributed by atoms with Crippen LogP contribution in [0.5, 0.6) is 0 Å². The topological polar surface area (TPSA) is 109 Å². The zero-order valence-corrected chi connectivity index (χ0v) is 17.5. The number of benzene rings is 1. The van der Waals surface area contributed by atoms with Crippen molar-refractivity contribution in [1.29, 1.82) is 0 Å². The van der Waals surface area contributed by atoms with E-state index in [1.54, 1.807) is 6.92 Å². The van der Waals surface area contributed by atoms with Gasteiger partial charge in [-0.05, 0) is 49.4 Å². The van der Waals surface area contributed by atoms with Gasteiger partial charge in [0, 0.05) is 18.7 Å². The van der Waals surface area contributed by atoms with Crippen molar-refractivity contribution < 1.29 is 22.4 Å². The summed E-state index contributed by atoms with van der Waals surface area (Å²) in [6, 6.07) is 7.30. The quantitative estimate of drug-likeness (QED) is 0.740. The number of aryl methyl sites for hydroxylation is 1. The van der Waals surface area contributed by atoms with Crippen LogP contribution < -0.4 is 10.9 Å². The Bertz CT molecular complexity index is 1000. The summed E-state index contributed by atoms with van der Waals surface area (Å²) in [7, 11) is -3.70. The number of nitrogens with zero attached hydrogens (tertiary/aromatic N) is 1. The number of carbonyl (C=O) groups is 2. The summed E-state index contributed by atoms with van der Waals surface area (Å²) in [4.78, 5) is 24.5. The maximum Gasteiger partial charge on any atom is 0.273 e. The van der Waals surface area contributed by atoms with E-state index in [-0.39, 0.29) is 22.3 Å². The van der Waals surface area contributed by atoms with Crippen LogP contribution in [0.3, 0.4) is 0 Å². The molecule has 1 aromatic heterocycles. The van der Waals surface area contributed by atoms with E-state index in [1.807, 2.05) is 13.8 Å². The summed E-state index contributed by atoms with van der Waals surface area (Å²) in [6.45, 7) is 6.62. The third-order valence-electron chi connectivity index (χ3n) is 4.96. The van der Waals surface area contributed by atoms with Gasteiger partial charge < -0.3 is 4.42 Å². The monoisotopic (exact) mass is 419 g/mol. The van der Waals surface area contributed by atoms with Gasteiger partial charge in [-0.25, -0.2) is 8.42 Å². The van der Waals surface area contributed by atoms with Gasteiger partial charge in [-0.2, -0.15) is 4.31 Å². The highest BCUT2D eigenvalue weighted by Gasteiger charge is 2.32. The summed E-state index contributed by atoms with van der Waals surface area (Å²) >= 11 is 0. The second-order valence-electron chi connectivity index (χ2n) is 7.59. The Balaban J connectivity index is 1.72. The van der Waals surface area contributed by atoms with Crippen molar-refractivity contribution in [2.75, 3.05) is 13.1 Å². The van der Waals surface area contributed by atoms with E-state index in [2.05, 4.69) is 10.9 Å². The molecule has 0 saturated carbocycles. The molecule has 1 aliphatic heterocycles. The molecule has 2 unspecified atom stereocenters. The van der Waals surface area contributed by atoms with E-state index < -0.39 is 21.8 Å². The summed E-state index contributed by atoms with van der Waals surface area (Å²) in [5, 5.41) is 0. The van der Waals surface area contributed by atoms with Gasteiger partial charge in [0.1, 0.15) is 5.76 Å². The van der Waals surface area contributed by atoms with Crippen molar-refractivity contribution in [2.24, 2.45) is 11.8 Å². The van der Waals surface area contributed by atoms with Crippen LogP contribution in [-0.4, -0.2) is 37.6 Å². The first kappa shape index (κ1) is 21.1. The molecule has 2 atom stereocenters. The summed E-state index contributed by atoms with van der Waals surface area (Å²) in [5.74, 6) is -0.153. The molecule has 2 N–H and O–H groups in total. The zero-order chi connectivity index (χ0) is 21.2. The second-order valence-corrected chi connectivity index (χ2v) is 9.53. The molecule has 2 heterocycles. The Labute approximate surface area is 170 Å². The Morgan fingerprint density at radius 1 is 1.07 bits per heavy atom. The number of piperidine rings is 1. The first-order chi connectivity index (χ1) is 13.7. The Kier molecular flexibility index (Phi) is 6.09. The van der Waals surface area contributed by atoms with Gasteiger partial charge in [0.15, 0.2) is 0 Å². The predicted octanol–water partition coefficient (Wildman–Crippen LogP) is 2.33. The molecule has 1 aromatic carbocycles. The molecule has 156 valence electrons. The molecule has 1 saturated heterocycles. The number of hydrogen-bond donors (Lipinski definition) is 2. The van der Waals surface area contributed by atoms with Crippen LogP contribution in [0, 0.1) is 18.8 Å². The zero-order valence-electron chi connectivity index (χ0n) is 16.6. The molecule has 0 radical (unpaired) electrons. The Hall–Kier alpha value is -2.65. The predicted molar refractivity (Wildman–Crippen MR) is 107 cm³/mol. The van der Waals surface area contributed by atoms with E-state index in [9.17, 15) is 18.0 Å². The van der Waals surface area contributed by atoms with E-state index >= 15 is 0 Å². The number of furan rings is 1. The Morgan fingerprint density at radius 2 is 1.72 bits per heavy atom. The number of hydrazine groups is 1. The van der Waals surface area contributed by atoms with E-state index in [0.717, 1.165) is 6.42 Å². The van der Waals surface area contributed by atoms with Crippen molar-refractivity contribution in [1.82, 2.24) is 15.2 Å². The van der Waals surface area contributed by atoms with E-state index in [1.165, 1.54) is 40.9 Å². The lowest BCUT2D eigenvalue weighted by Gasteiger charge is -2.34. The van der Waals surface area contributed by atoms with Gasteiger partial charge in [0.2, 0.25) is 10.0 Å². The second kappa shape index (κ2) is 8.38. The van der Waals surface area contributed by atoms with Crippen LogP contribution in [0.4, 0.5) is 0 Å². The number of carbonyl (C=O) groups excluding carboxylic acids is 2. The number of rotatable bonds is 4. The SMILES string of the molecule is Cc1occc1C(=O)NNC(=O)c1cccc(S(=O)(=O)N2CC(C)CC(C)C2)c1. The van der Waals surface area contributed by atoms with Gasteiger partial charge in [-0.3, -0.25) is 20.4 Å². The molecule has 29 heavy (non-hydrogen) atoms. The van der Waals surface area contributed by atoms with Crippen LogP contribution >= 0.6 is 0 Å². The fourth-order valence-corrected chi connectivity index (χ4v) is 5.35. The number of amides is 2. The van der Waals surface area contributed by atoms with Crippen molar-refractivity contribution >= 4 is 21.8 Å². The molecule has 0 aliphatic carbocycles. The van der Waals surface area contributed by atoms with Gasteiger partial charge >= 0.3 is 0 Å². The molecule has 9 heteroatoms. The van der Waals surface area contributed by atoms with Crippen LogP contribution in [0.2, 0.25) is 0 Å². The van der Waals surface area contributed by atoms with Crippen molar-refractivity contribution in [3.63, 3.8) is 0 Å². The van der Waals surface area contributed by atoms with Crippen molar-refractivity contribution in [3.8, 4) is 0 Å². The highest BCUT2D eigenvalue weighted by molar-refractivity contribution is 7.89. The maximum absolute atomic E-state index is 13.0. The molecule has 1 aliphatic rings. The number of nitrogens with one attached hydrogen (secondary N) is 2. The van der Waals surface area contributed by atoms with Crippen LogP contribution in [0.25, 0.3) is 0 Å². The van der Waals surface area contributed by atoms with Gasteiger partial charge in [-0.15, -0.1) is 0 Å². The van der Waals surface area contributed by atoms with Crippen molar-refractivity contribution in [2.45, 2.75) is 32.1 Å². The molecule has 1 fully saturated rings. The highest BCUT2D eigenvalue weighted by atomic mass is 32.2. The molecule has 0 bridgehead atoms. The average molecular weight is 420 g/mol. The fraction of sp³-hybridized carbons (Fsp3) is 0.400. The Morgan fingerprint density at radius 3 is 2.34 bits per heavy atom. The molecular formula is C20H25N3O5S. The van der Waals surface area contributed by atoms with Crippen molar-refractivity contribution in [3.05, 3.63) is 53.5 Å². The maximum atomic E-state index is 13.0. The van der Waals surface area contributed by atoms with E-state index in [4.69, 9.17) is 4.42 Å². The van der Waals surface area contributed by atoms with Gasteiger partial charge in [0.05, 0.1) is 16.7 Å². The molecular weight excluding hydrogens is 394 g/mol. The van der Waals surface area contributed by atoms with Crippen LogP contribution in [0.1, 0.15) is 46.7 Å². The molecule has 3 rings (SSSR count). The fourth-order valence-electron chi connectivity index (χ4n) is 3.62. The summed E-state index contributed by atoms with van der Waals surface area (Å²) < 4.78 is 32.6. The molecule has 8 nitrogen and oxygen atoms in total. The average Bonchev–Trinajstić information content (AvgIpc) is 3.11. The van der Waals surface area contributed by atoms with E-state index in [0.29, 0.717) is 24.4 Å². The summed E-state index contributed by atoms with van der Waals surface area (Å²) in [5.41, 5.74) is 5.03. The largest absolute Gasteiger partial charge is 0.469 e. The standard InChI is InChI=1S/C20H25N3O5S/c1-13-9-14(2)12-23(11-13)29(26,27)17-6-4-5-16(10-17)19(24)21-22-20(25)18-7-8-28-15(18)3/h4-8,10,13-14H,9,11-12H2,1-3H3,(H,21,24)(H,22,25). The van der Waals surface area contributed by atoms with Gasteiger partial charge in [0.25, 0.3) is 11.8 Å². The lowest BCUT2D eigenvalue weighted by atomic mass is 9.94. The number of sulfonamides is 1. The minimum Gasteiger partial charge on any atom is -0.469 e. The minimum atomic E-state index is -3.70. The lowest BCUT2D eigenvalue weighted by molar-refractivity contribution is 0.0845. The first-order valence-corrected chi connectivity index (χ1v) is 10.9. The number of hydrogen-bond acceptors (Lipinski definition) is 5. The summed E-state index contributed by atoms with van der Waals surface area (Å²) in [6.07, 6.45) is 2.37. The molecule has 2 amide bonds. The molecule has 0 spiro atoms. The normalized spacial score (nSPS) is 20.2. The van der Waals surface area contributed by atoms with Crippen LogP contribution in [-0.2, 0) is 10.0 Å². The lowest BCUT2D eigenvalue weighted by Crippen LogP contribution is -2.43. The first-order valence-electron chi connectivity index (χ1n) is 9.43.